The molecule has 0 bridgehead atoms. The molecule has 0 aliphatic carbocycles. The van der Waals surface area contributed by atoms with Gasteiger partial charge in [0.1, 0.15) is 0 Å². The number of methoxy groups -OCH3 is 2. The summed E-state index contributed by atoms with van der Waals surface area (Å²) in [5.41, 5.74) is 0.199. The van der Waals surface area contributed by atoms with Crippen molar-refractivity contribution in [2.24, 2.45) is 5.41 Å². The fraction of sp³-hybridized carbons (Fsp3) is 0.667. The minimum Gasteiger partial charge on any atom is -0.481 e. The first-order valence-electron chi connectivity index (χ1n) is 5.50. The molecule has 4 nitrogen and oxygen atoms in total. The maximum atomic E-state index is 5.12. The molecule has 1 unspecified atom stereocenters. The van der Waals surface area contributed by atoms with Crippen LogP contribution in [0.25, 0.3) is 0 Å². The molecule has 1 rings (SSSR count). The average molecular weight is 256 g/mol. The highest BCUT2D eigenvalue weighted by molar-refractivity contribution is 7.99. The molecule has 1 heterocycles. The van der Waals surface area contributed by atoms with Gasteiger partial charge in [0.05, 0.1) is 20.3 Å². The van der Waals surface area contributed by atoms with Gasteiger partial charge in [-0.15, -0.1) is 0 Å². The van der Waals surface area contributed by atoms with Crippen LogP contribution in [0.4, 0.5) is 0 Å². The Morgan fingerprint density at radius 1 is 1.12 bits per heavy atom. The van der Waals surface area contributed by atoms with Crippen molar-refractivity contribution in [3.63, 3.8) is 0 Å². The highest BCUT2D eigenvalue weighted by atomic mass is 32.2. The quantitative estimate of drug-likeness (QED) is 0.612. The number of hydrogen-bond donors (Lipinski definition) is 0. The molecule has 17 heavy (non-hydrogen) atoms. The van der Waals surface area contributed by atoms with Crippen LogP contribution < -0.4 is 9.47 Å². The molecule has 0 spiro atoms. The van der Waals surface area contributed by atoms with Crippen LogP contribution in [0, 0.1) is 5.41 Å². The summed E-state index contributed by atoms with van der Waals surface area (Å²) in [6, 6.07) is 1.67. The van der Waals surface area contributed by atoms with Gasteiger partial charge in [0.2, 0.25) is 11.8 Å². The number of hydrogen-bond acceptors (Lipinski definition) is 5. The first-order chi connectivity index (χ1) is 7.86. The molecule has 1 atom stereocenters. The predicted octanol–water partition coefficient (Wildman–Crippen LogP) is 3.02. The lowest BCUT2D eigenvalue weighted by molar-refractivity contribution is 0.363. The SMILES string of the molecule is COc1cc(OC)nc(SC(C)C(C)(C)C)n1. The van der Waals surface area contributed by atoms with Crippen LogP contribution in [0.5, 0.6) is 11.8 Å². The van der Waals surface area contributed by atoms with E-state index in [9.17, 15) is 0 Å². The smallest absolute Gasteiger partial charge is 0.220 e. The summed E-state index contributed by atoms with van der Waals surface area (Å²) in [6.45, 7) is 8.76. The third-order valence-corrected chi connectivity index (χ3v) is 4.03. The van der Waals surface area contributed by atoms with E-state index < -0.39 is 0 Å². The molecule has 0 aliphatic heterocycles. The summed E-state index contributed by atoms with van der Waals surface area (Å²) in [6.07, 6.45) is 0. The van der Waals surface area contributed by atoms with Gasteiger partial charge in [-0.05, 0) is 5.41 Å². The van der Waals surface area contributed by atoms with Crippen LogP contribution in [-0.4, -0.2) is 29.4 Å². The molecule has 0 N–H and O–H groups in total. The molecule has 0 saturated heterocycles. The highest BCUT2D eigenvalue weighted by Crippen LogP contribution is 2.34. The second-order valence-corrected chi connectivity index (χ2v) is 6.17. The number of nitrogens with zero attached hydrogens (tertiary/aromatic N) is 2. The summed E-state index contributed by atoms with van der Waals surface area (Å²) in [4.78, 5) is 8.61. The van der Waals surface area contributed by atoms with Crippen molar-refractivity contribution in [2.75, 3.05) is 14.2 Å². The van der Waals surface area contributed by atoms with Crippen LogP contribution in [-0.2, 0) is 0 Å². The number of thioether (sulfide) groups is 1. The van der Waals surface area contributed by atoms with E-state index in [1.165, 1.54) is 0 Å². The van der Waals surface area contributed by atoms with E-state index in [0.717, 1.165) is 0 Å². The fourth-order valence-electron chi connectivity index (χ4n) is 0.980. The van der Waals surface area contributed by atoms with Gasteiger partial charge >= 0.3 is 0 Å². The summed E-state index contributed by atoms with van der Waals surface area (Å²) in [5.74, 6) is 1.06. The monoisotopic (exact) mass is 256 g/mol. The van der Waals surface area contributed by atoms with E-state index in [1.54, 1.807) is 32.0 Å². The summed E-state index contributed by atoms with van der Waals surface area (Å²) < 4.78 is 10.2. The van der Waals surface area contributed by atoms with Crippen LogP contribution in [0.3, 0.4) is 0 Å². The molecule has 0 fully saturated rings. The topological polar surface area (TPSA) is 44.2 Å². The lowest BCUT2D eigenvalue weighted by Gasteiger charge is -2.25. The first kappa shape index (κ1) is 14.1. The van der Waals surface area contributed by atoms with Crippen LogP contribution in [0.15, 0.2) is 11.2 Å². The molecule has 0 saturated carbocycles. The molecule has 0 amide bonds. The fourth-order valence-corrected chi connectivity index (χ4v) is 1.94. The maximum absolute atomic E-state index is 5.12. The normalized spacial score (nSPS) is 13.3. The Labute approximate surface area is 107 Å². The van der Waals surface area contributed by atoms with E-state index in [2.05, 4.69) is 37.7 Å². The average Bonchev–Trinajstić information content (AvgIpc) is 2.27. The Bertz CT molecular complexity index is 355. The molecule has 0 radical (unpaired) electrons. The largest absolute Gasteiger partial charge is 0.481 e. The Kier molecular flexibility index (Phi) is 4.62. The molecular formula is C12H20N2O2S. The minimum absolute atomic E-state index is 0.199. The standard InChI is InChI=1S/C12H20N2O2S/c1-8(12(2,3)4)17-11-13-9(15-5)7-10(14-11)16-6/h7-8H,1-6H3. The molecule has 0 aromatic carbocycles. The van der Waals surface area contributed by atoms with Gasteiger partial charge in [0.25, 0.3) is 0 Å². The molecule has 5 heteroatoms. The van der Waals surface area contributed by atoms with Crippen molar-refractivity contribution < 1.29 is 9.47 Å². The van der Waals surface area contributed by atoms with E-state index in [0.29, 0.717) is 22.2 Å². The van der Waals surface area contributed by atoms with Crippen LogP contribution in [0.2, 0.25) is 0 Å². The van der Waals surface area contributed by atoms with Crippen molar-refractivity contribution in [3.05, 3.63) is 6.07 Å². The van der Waals surface area contributed by atoms with Gasteiger partial charge in [-0.3, -0.25) is 0 Å². The van der Waals surface area contributed by atoms with Crippen molar-refractivity contribution in [1.82, 2.24) is 9.97 Å². The van der Waals surface area contributed by atoms with E-state index in [1.807, 2.05) is 0 Å². The first-order valence-corrected chi connectivity index (χ1v) is 6.38. The maximum Gasteiger partial charge on any atom is 0.220 e. The van der Waals surface area contributed by atoms with Gasteiger partial charge in [0, 0.05) is 5.25 Å². The van der Waals surface area contributed by atoms with Crippen molar-refractivity contribution in [1.29, 1.82) is 0 Å². The molecule has 96 valence electrons. The molecular weight excluding hydrogens is 236 g/mol. The summed E-state index contributed by atoms with van der Waals surface area (Å²) in [5, 5.41) is 1.09. The third-order valence-electron chi connectivity index (χ3n) is 2.58. The summed E-state index contributed by atoms with van der Waals surface area (Å²) in [7, 11) is 3.17. The van der Waals surface area contributed by atoms with E-state index >= 15 is 0 Å². The number of aromatic nitrogens is 2. The summed E-state index contributed by atoms with van der Waals surface area (Å²) >= 11 is 1.63. The zero-order valence-corrected chi connectivity index (χ0v) is 12.1. The zero-order valence-electron chi connectivity index (χ0n) is 11.3. The van der Waals surface area contributed by atoms with E-state index in [-0.39, 0.29) is 5.41 Å². The van der Waals surface area contributed by atoms with Gasteiger partial charge in [-0.25, -0.2) is 0 Å². The Morgan fingerprint density at radius 3 is 1.94 bits per heavy atom. The molecule has 0 aliphatic rings. The second-order valence-electron chi connectivity index (χ2n) is 4.86. The Morgan fingerprint density at radius 2 is 1.59 bits per heavy atom. The van der Waals surface area contributed by atoms with Gasteiger partial charge in [0.15, 0.2) is 5.16 Å². The third kappa shape index (κ3) is 4.07. The van der Waals surface area contributed by atoms with Gasteiger partial charge in [-0.2, -0.15) is 9.97 Å². The van der Waals surface area contributed by atoms with Crippen LogP contribution >= 0.6 is 11.8 Å². The van der Waals surface area contributed by atoms with Gasteiger partial charge < -0.3 is 9.47 Å². The van der Waals surface area contributed by atoms with E-state index in [4.69, 9.17) is 9.47 Å². The predicted molar refractivity (Wildman–Crippen MR) is 69.9 cm³/mol. The lowest BCUT2D eigenvalue weighted by Crippen LogP contribution is -2.19. The van der Waals surface area contributed by atoms with Crippen molar-refractivity contribution >= 4 is 11.8 Å². The van der Waals surface area contributed by atoms with Gasteiger partial charge in [-0.1, -0.05) is 39.5 Å². The second kappa shape index (κ2) is 5.58. The van der Waals surface area contributed by atoms with Crippen LogP contribution in [0.1, 0.15) is 27.7 Å². The Hall–Kier alpha value is -0.970. The lowest BCUT2D eigenvalue weighted by atomic mass is 9.93. The minimum atomic E-state index is 0.199. The highest BCUT2D eigenvalue weighted by Gasteiger charge is 2.22. The van der Waals surface area contributed by atoms with Crippen molar-refractivity contribution in [3.8, 4) is 11.8 Å². The molecule has 1 aromatic heterocycles. The zero-order chi connectivity index (χ0) is 13.1. The van der Waals surface area contributed by atoms with Crippen molar-refractivity contribution in [2.45, 2.75) is 38.1 Å². The Balaban J connectivity index is 2.90. The number of ether oxygens (including phenoxy) is 2. The molecule has 1 aromatic rings. The number of rotatable bonds is 4.